The van der Waals surface area contributed by atoms with Crippen molar-refractivity contribution in [3.05, 3.63) is 41.5 Å². The van der Waals surface area contributed by atoms with Crippen molar-refractivity contribution in [2.75, 3.05) is 6.79 Å². The summed E-state index contributed by atoms with van der Waals surface area (Å²) in [4.78, 5) is 14.9. The molecule has 0 bridgehead atoms. The van der Waals surface area contributed by atoms with Crippen LogP contribution in [-0.2, 0) is 17.8 Å². The SMILES string of the molecule is Cc1nc(CC(=O)O)cn1Cc1ccc2c(c1)OCO2. The number of rotatable bonds is 4. The lowest BCUT2D eigenvalue weighted by molar-refractivity contribution is -0.136. The number of aliphatic carboxylic acids is 1. The van der Waals surface area contributed by atoms with Crippen LogP contribution in [0.15, 0.2) is 24.4 Å². The Hall–Kier alpha value is -2.50. The Bertz CT molecular complexity index is 663. The fourth-order valence-electron chi connectivity index (χ4n) is 2.21. The molecule has 0 aliphatic carbocycles. The van der Waals surface area contributed by atoms with E-state index in [1.54, 1.807) is 6.20 Å². The Morgan fingerprint density at radius 2 is 2.20 bits per heavy atom. The largest absolute Gasteiger partial charge is 0.481 e. The molecule has 0 saturated heterocycles. The molecule has 0 fully saturated rings. The van der Waals surface area contributed by atoms with Crippen LogP contribution in [0.25, 0.3) is 0 Å². The molecule has 2 heterocycles. The molecule has 1 aliphatic rings. The predicted molar refractivity (Wildman–Crippen MR) is 70.0 cm³/mol. The quantitative estimate of drug-likeness (QED) is 0.916. The minimum atomic E-state index is -0.877. The average molecular weight is 274 g/mol. The molecule has 1 aliphatic heterocycles. The van der Waals surface area contributed by atoms with E-state index in [1.807, 2.05) is 29.7 Å². The average Bonchev–Trinajstić information content (AvgIpc) is 2.96. The van der Waals surface area contributed by atoms with Gasteiger partial charge in [-0.2, -0.15) is 0 Å². The summed E-state index contributed by atoms with van der Waals surface area (Å²) in [6, 6.07) is 5.77. The lowest BCUT2D eigenvalue weighted by atomic mass is 10.2. The summed E-state index contributed by atoms with van der Waals surface area (Å²) in [6.45, 7) is 2.74. The van der Waals surface area contributed by atoms with Crippen LogP contribution < -0.4 is 9.47 Å². The van der Waals surface area contributed by atoms with Gasteiger partial charge in [-0.3, -0.25) is 4.79 Å². The molecular formula is C14H14N2O4. The first kappa shape index (κ1) is 12.5. The van der Waals surface area contributed by atoms with E-state index in [2.05, 4.69) is 4.98 Å². The van der Waals surface area contributed by atoms with E-state index in [1.165, 1.54) is 0 Å². The molecule has 20 heavy (non-hydrogen) atoms. The number of fused-ring (bicyclic) bond motifs is 1. The normalized spacial score (nSPS) is 12.7. The maximum absolute atomic E-state index is 10.7. The summed E-state index contributed by atoms with van der Waals surface area (Å²) < 4.78 is 12.5. The number of imidazole rings is 1. The van der Waals surface area contributed by atoms with Gasteiger partial charge < -0.3 is 19.1 Å². The zero-order chi connectivity index (χ0) is 14.1. The summed E-state index contributed by atoms with van der Waals surface area (Å²) in [5.74, 6) is 1.41. The molecule has 0 saturated carbocycles. The van der Waals surface area contributed by atoms with Crippen molar-refractivity contribution in [2.24, 2.45) is 0 Å². The zero-order valence-corrected chi connectivity index (χ0v) is 11.0. The Labute approximate surface area is 115 Å². The third-order valence-electron chi connectivity index (χ3n) is 3.15. The van der Waals surface area contributed by atoms with Gasteiger partial charge in [0.15, 0.2) is 11.5 Å². The third kappa shape index (κ3) is 2.45. The monoisotopic (exact) mass is 274 g/mol. The molecule has 0 atom stereocenters. The van der Waals surface area contributed by atoms with Gasteiger partial charge >= 0.3 is 5.97 Å². The van der Waals surface area contributed by atoms with Crippen LogP contribution in [0.2, 0.25) is 0 Å². The molecular weight excluding hydrogens is 260 g/mol. The van der Waals surface area contributed by atoms with Crippen molar-refractivity contribution in [3.63, 3.8) is 0 Å². The molecule has 104 valence electrons. The summed E-state index contributed by atoms with van der Waals surface area (Å²) in [5, 5.41) is 8.78. The van der Waals surface area contributed by atoms with Gasteiger partial charge in [0.2, 0.25) is 6.79 Å². The molecule has 6 heteroatoms. The highest BCUT2D eigenvalue weighted by atomic mass is 16.7. The van der Waals surface area contributed by atoms with Gasteiger partial charge in [-0.05, 0) is 24.6 Å². The lowest BCUT2D eigenvalue weighted by Gasteiger charge is -2.06. The number of carboxylic acids is 1. The highest BCUT2D eigenvalue weighted by Crippen LogP contribution is 2.32. The maximum atomic E-state index is 10.7. The topological polar surface area (TPSA) is 73.6 Å². The molecule has 0 amide bonds. The van der Waals surface area contributed by atoms with Gasteiger partial charge in [0.05, 0.1) is 12.1 Å². The molecule has 0 unspecified atom stereocenters. The number of aromatic nitrogens is 2. The van der Waals surface area contributed by atoms with E-state index in [9.17, 15) is 4.79 Å². The fraction of sp³-hybridized carbons (Fsp3) is 0.286. The third-order valence-corrected chi connectivity index (χ3v) is 3.15. The van der Waals surface area contributed by atoms with Gasteiger partial charge in [-0.15, -0.1) is 0 Å². The van der Waals surface area contributed by atoms with Crippen LogP contribution in [0.1, 0.15) is 17.1 Å². The van der Waals surface area contributed by atoms with Gasteiger partial charge in [0.1, 0.15) is 5.82 Å². The van der Waals surface area contributed by atoms with Crippen molar-refractivity contribution in [1.82, 2.24) is 9.55 Å². The van der Waals surface area contributed by atoms with Gasteiger partial charge in [-0.25, -0.2) is 4.98 Å². The highest BCUT2D eigenvalue weighted by molar-refractivity contribution is 5.69. The van der Waals surface area contributed by atoms with Crippen molar-refractivity contribution >= 4 is 5.97 Å². The van der Waals surface area contributed by atoms with E-state index in [0.717, 1.165) is 22.9 Å². The molecule has 1 N–H and O–H groups in total. The minimum Gasteiger partial charge on any atom is -0.481 e. The zero-order valence-electron chi connectivity index (χ0n) is 11.0. The lowest BCUT2D eigenvalue weighted by Crippen LogP contribution is -2.01. The van der Waals surface area contributed by atoms with Crippen molar-refractivity contribution < 1.29 is 19.4 Å². The second-order valence-electron chi connectivity index (χ2n) is 4.67. The number of ether oxygens (including phenoxy) is 2. The number of carbonyl (C=O) groups is 1. The molecule has 2 aromatic rings. The van der Waals surface area contributed by atoms with Crippen LogP contribution in [0.5, 0.6) is 11.5 Å². The van der Waals surface area contributed by atoms with Crippen LogP contribution in [-0.4, -0.2) is 27.4 Å². The Balaban J connectivity index is 1.80. The Morgan fingerprint density at radius 3 is 3.00 bits per heavy atom. The number of hydrogen-bond donors (Lipinski definition) is 1. The first-order chi connectivity index (χ1) is 9.61. The van der Waals surface area contributed by atoms with Crippen LogP contribution in [0, 0.1) is 6.92 Å². The number of carboxylic acid groups (broad SMARTS) is 1. The Morgan fingerprint density at radius 1 is 1.40 bits per heavy atom. The number of benzene rings is 1. The minimum absolute atomic E-state index is 0.0605. The molecule has 6 nitrogen and oxygen atoms in total. The first-order valence-electron chi connectivity index (χ1n) is 6.25. The highest BCUT2D eigenvalue weighted by Gasteiger charge is 2.14. The van der Waals surface area contributed by atoms with Crippen molar-refractivity contribution in [1.29, 1.82) is 0 Å². The van der Waals surface area contributed by atoms with E-state index >= 15 is 0 Å². The fourth-order valence-corrected chi connectivity index (χ4v) is 2.21. The number of nitrogens with zero attached hydrogens (tertiary/aromatic N) is 2. The predicted octanol–water partition coefficient (Wildman–Crippen LogP) is 1.60. The molecule has 0 spiro atoms. The second-order valence-corrected chi connectivity index (χ2v) is 4.67. The van der Waals surface area contributed by atoms with Crippen molar-refractivity contribution in [3.8, 4) is 11.5 Å². The molecule has 1 aromatic heterocycles. The first-order valence-corrected chi connectivity index (χ1v) is 6.25. The summed E-state index contributed by atoms with van der Waals surface area (Å²) in [5.41, 5.74) is 1.62. The Kier molecular flexibility index (Phi) is 3.06. The van der Waals surface area contributed by atoms with Crippen molar-refractivity contribution in [2.45, 2.75) is 19.9 Å². The van der Waals surface area contributed by atoms with E-state index in [0.29, 0.717) is 12.2 Å². The summed E-state index contributed by atoms with van der Waals surface area (Å²) in [7, 11) is 0. The van der Waals surface area contributed by atoms with E-state index in [4.69, 9.17) is 14.6 Å². The molecule has 0 radical (unpaired) electrons. The van der Waals surface area contributed by atoms with E-state index in [-0.39, 0.29) is 13.2 Å². The van der Waals surface area contributed by atoms with Crippen LogP contribution in [0.4, 0.5) is 0 Å². The van der Waals surface area contributed by atoms with Gasteiger partial charge in [0.25, 0.3) is 0 Å². The smallest absolute Gasteiger partial charge is 0.309 e. The number of hydrogen-bond acceptors (Lipinski definition) is 4. The van der Waals surface area contributed by atoms with Crippen LogP contribution >= 0.6 is 0 Å². The summed E-state index contributed by atoms with van der Waals surface area (Å²) >= 11 is 0. The maximum Gasteiger partial charge on any atom is 0.309 e. The van der Waals surface area contributed by atoms with Crippen LogP contribution in [0.3, 0.4) is 0 Å². The van der Waals surface area contributed by atoms with E-state index < -0.39 is 5.97 Å². The molecule has 1 aromatic carbocycles. The standard InChI is InChI=1S/C14H14N2O4/c1-9-15-11(5-14(17)18)7-16(9)6-10-2-3-12-13(4-10)20-8-19-12/h2-4,7H,5-6,8H2,1H3,(H,17,18). The summed E-state index contributed by atoms with van der Waals surface area (Å²) in [6.07, 6.45) is 1.71. The van der Waals surface area contributed by atoms with Gasteiger partial charge in [-0.1, -0.05) is 6.07 Å². The number of aryl methyl sites for hydroxylation is 1. The second kappa shape index (κ2) is 4.88. The van der Waals surface area contributed by atoms with Gasteiger partial charge in [0, 0.05) is 12.7 Å². The molecule has 3 rings (SSSR count).